The van der Waals surface area contributed by atoms with Gasteiger partial charge in [-0.25, -0.2) is 0 Å². The molecule has 0 saturated carbocycles. The summed E-state index contributed by atoms with van der Waals surface area (Å²) >= 11 is 0. The molecule has 0 N–H and O–H groups in total. The van der Waals surface area contributed by atoms with Gasteiger partial charge >= 0.3 is 5.97 Å². The van der Waals surface area contributed by atoms with Gasteiger partial charge in [-0.2, -0.15) is 0 Å². The molecule has 0 bridgehead atoms. The zero-order valence-electron chi connectivity index (χ0n) is 12.4. The molecule has 0 saturated heterocycles. The van der Waals surface area contributed by atoms with Gasteiger partial charge in [0.05, 0.1) is 6.61 Å². The Hall–Kier alpha value is -0.570. The van der Waals surface area contributed by atoms with E-state index in [2.05, 4.69) is 13.8 Å². The van der Waals surface area contributed by atoms with Crippen LogP contribution in [0.1, 0.15) is 78.6 Å². The van der Waals surface area contributed by atoms with Crippen LogP contribution in [0.15, 0.2) is 0 Å². The third-order valence-electron chi connectivity index (χ3n) is 2.85. The van der Waals surface area contributed by atoms with E-state index in [9.17, 15) is 4.79 Å². The van der Waals surface area contributed by atoms with Crippen molar-refractivity contribution in [1.82, 2.24) is 0 Å². The second-order valence-corrected chi connectivity index (χ2v) is 4.82. The second kappa shape index (κ2) is 12.9. The zero-order valence-corrected chi connectivity index (χ0v) is 12.4. The van der Waals surface area contributed by atoms with Gasteiger partial charge in [-0.15, -0.1) is 0 Å². The number of hydrogen-bond acceptors (Lipinski definition) is 3. The Morgan fingerprint density at radius 1 is 0.944 bits per heavy atom. The van der Waals surface area contributed by atoms with Crippen LogP contribution in [-0.4, -0.2) is 18.9 Å². The van der Waals surface area contributed by atoms with Gasteiger partial charge in [0, 0.05) is 13.3 Å². The summed E-state index contributed by atoms with van der Waals surface area (Å²) in [7, 11) is 0. The molecule has 3 nitrogen and oxygen atoms in total. The fourth-order valence-electron chi connectivity index (χ4n) is 1.88. The van der Waals surface area contributed by atoms with Crippen molar-refractivity contribution >= 4 is 5.97 Å². The van der Waals surface area contributed by atoms with Crippen LogP contribution in [0.2, 0.25) is 0 Å². The van der Waals surface area contributed by atoms with Crippen molar-refractivity contribution in [1.29, 1.82) is 0 Å². The Labute approximate surface area is 112 Å². The molecule has 0 aliphatic rings. The molecule has 0 aromatic carbocycles. The Kier molecular flexibility index (Phi) is 12.5. The number of esters is 1. The quantitative estimate of drug-likeness (QED) is 0.295. The fourth-order valence-corrected chi connectivity index (χ4v) is 1.88. The third kappa shape index (κ3) is 11.9. The smallest absolute Gasteiger partial charge is 0.304 e. The molecule has 0 heterocycles. The molecule has 0 aromatic rings. The minimum Gasteiger partial charge on any atom is -0.436 e. The SMILES string of the molecule is CCCCCCCCCC(OCCC)OC(C)=O. The van der Waals surface area contributed by atoms with Crippen molar-refractivity contribution in [2.24, 2.45) is 0 Å². The van der Waals surface area contributed by atoms with E-state index in [0.717, 1.165) is 19.3 Å². The molecule has 108 valence electrons. The molecule has 0 rings (SSSR count). The van der Waals surface area contributed by atoms with Gasteiger partial charge in [-0.3, -0.25) is 4.79 Å². The fraction of sp³-hybridized carbons (Fsp3) is 0.933. The molecule has 0 aliphatic carbocycles. The molecule has 0 radical (unpaired) electrons. The van der Waals surface area contributed by atoms with E-state index in [0.29, 0.717) is 6.61 Å². The zero-order chi connectivity index (χ0) is 13.6. The van der Waals surface area contributed by atoms with E-state index in [1.54, 1.807) is 0 Å². The average molecular weight is 258 g/mol. The molecule has 0 amide bonds. The number of rotatable bonds is 12. The third-order valence-corrected chi connectivity index (χ3v) is 2.85. The van der Waals surface area contributed by atoms with Crippen molar-refractivity contribution < 1.29 is 14.3 Å². The highest BCUT2D eigenvalue weighted by molar-refractivity contribution is 5.66. The van der Waals surface area contributed by atoms with Crippen LogP contribution in [-0.2, 0) is 14.3 Å². The number of carbonyl (C=O) groups excluding carboxylic acids is 1. The van der Waals surface area contributed by atoms with Crippen molar-refractivity contribution in [3.63, 3.8) is 0 Å². The summed E-state index contributed by atoms with van der Waals surface area (Å²) in [5.41, 5.74) is 0. The lowest BCUT2D eigenvalue weighted by atomic mass is 10.1. The minimum absolute atomic E-state index is 0.251. The predicted molar refractivity (Wildman–Crippen MR) is 74.4 cm³/mol. The first-order valence-corrected chi connectivity index (χ1v) is 7.49. The summed E-state index contributed by atoms with van der Waals surface area (Å²) in [6.45, 7) is 6.38. The number of unbranched alkanes of at least 4 members (excludes halogenated alkanes) is 6. The maximum absolute atomic E-state index is 10.9. The Morgan fingerprint density at radius 2 is 1.56 bits per heavy atom. The summed E-state index contributed by atoms with van der Waals surface area (Å²) in [6.07, 6.45) is 10.3. The molecule has 0 aromatic heterocycles. The Balaban J connectivity index is 3.52. The number of hydrogen-bond donors (Lipinski definition) is 0. The number of ether oxygens (including phenoxy) is 2. The van der Waals surface area contributed by atoms with Crippen LogP contribution in [0.5, 0.6) is 0 Å². The summed E-state index contributed by atoms with van der Waals surface area (Å²) in [4.78, 5) is 10.9. The largest absolute Gasteiger partial charge is 0.436 e. The maximum atomic E-state index is 10.9. The molecule has 1 unspecified atom stereocenters. The van der Waals surface area contributed by atoms with Crippen molar-refractivity contribution in [3.05, 3.63) is 0 Å². The maximum Gasteiger partial charge on any atom is 0.304 e. The van der Waals surface area contributed by atoms with Gasteiger partial charge < -0.3 is 9.47 Å². The standard InChI is InChI=1S/C15H30O3/c1-4-6-7-8-9-10-11-12-15(17-13-5-2)18-14(3)16/h15H,4-13H2,1-3H3. The monoisotopic (exact) mass is 258 g/mol. The van der Waals surface area contributed by atoms with Crippen LogP contribution in [0.25, 0.3) is 0 Å². The van der Waals surface area contributed by atoms with E-state index in [-0.39, 0.29) is 12.3 Å². The molecular formula is C15H30O3. The molecule has 3 heteroatoms. The highest BCUT2D eigenvalue weighted by atomic mass is 16.7. The molecule has 0 fully saturated rings. The van der Waals surface area contributed by atoms with Crippen molar-refractivity contribution in [3.8, 4) is 0 Å². The van der Waals surface area contributed by atoms with E-state index >= 15 is 0 Å². The molecule has 1 atom stereocenters. The first kappa shape index (κ1) is 17.4. The summed E-state index contributed by atoms with van der Waals surface area (Å²) in [5, 5.41) is 0. The van der Waals surface area contributed by atoms with Crippen molar-refractivity contribution in [2.75, 3.05) is 6.61 Å². The minimum atomic E-state index is -0.335. The van der Waals surface area contributed by atoms with Gasteiger partial charge in [0.15, 0.2) is 0 Å². The molecular weight excluding hydrogens is 228 g/mol. The normalized spacial score (nSPS) is 12.4. The van der Waals surface area contributed by atoms with Crippen LogP contribution in [0, 0.1) is 0 Å². The average Bonchev–Trinajstić information content (AvgIpc) is 2.34. The van der Waals surface area contributed by atoms with Crippen LogP contribution < -0.4 is 0 Å². The van der Waals surface area contributed by atoms with Gasteiger partial charge in [0.1, 0.15) is 0 Å². The molecule has 0 aliphatic heterocycles. The second-order valence-electron chi connectivity index (χ2n) is 4.82. The van der Waals surface area contributed by atoms with Crippen LogP contribution in [0.4, 0.5) is 0 Å². The van der Waals surface area contributed by atoms with Gasteiger partial charge in [-0.1, -0.05) is 52.4 Å². The lowest BCUT2D eigenvalue weighted by Crippen LogP contribution is -2.20. The highest BCUT2D eigenvalue weighted by Gasteiger charge is 2.11. The van der Waals surface area contributed by atoms with Gasteiger partial charge in [0.2, 0.25) is 6.29 Å². The van der Waals surface area contributed by atoms with E-state index in [1.165, 1.54) is 45.4 Å². The predicted octanol–water partition coefficient (Wildman–Crippen LogP) is 4.44. The van der Waals surface area contributed by atoms with E-state index < -0.39 is 0 Å². The first-order chi connectivity index (χ1) is 8.70. The number of carbonyl (C=O) groups is 1. The van der Waals surface area contributed by atoms with E-state index in [1.807, 2.05) is 0 Å². The van der Waals surface area contributed by atoms with Gasteiger partial charge in [-0.05, 0) is 12.8 Å². The van der Waals surface area contributed by atoms with Gasteiger partial charge in [0.25, 0.3) is 0 Å². The molecule has 18 heavy (non-hydrogen) atoms. The summed E-state index contributed by atoms with van der Waals surface area (Å²) in [5.74, 6) is -0.251. The lowest BCUT2D eigenvalue weighted by molar-refractivity contribution is -0.177. The Morgan fingerprint density at radius 3 is 2.11 bits per heavy atom. The van der Waals surface area contributed by atoms with Crippen molar-refractivity contribution in [2.45, 2.75) is 84.8 Å². The highest BCUT2D eigenvalue weighted by Crippen LogP contribution is 2.12. The molecule has 0 spiro atoms. The van der Waals surface area contributed by atoms with Crippen LogP contribution in [0.3, 0.4) is 0 Å². The van der Waals surface area contributed by atoms with E-state index in [4.69, 9.17) is 9.47 Å². The Bertz CT molecular complexity index is 192. The van der Waals surface area contributed by atoms with Crippen LogP contribution >= 0.6 is 0 Å². The summed E-state index contributed by atoms with van der Waals surface area (Å²) < 4.78 is 10.6. The summed E-state index contributed by atoms with van der Waals surface area (Å²) in [6, 6.07) is 0. The lowest BCUT2D eigenvalue weighted by Gasteiger charge is -2.17. The topological polar surface area (TPSA) is 35.5 Å². The first-order valence-electron chi connectivity index (χ1n) is 7.49.